The molecule has 0 bridgehead atoms. The Kier molecular flexibility index (Phi) is 5.74. The molecule has 3 rings (SSSR count). The number of hydrogen-bond acceptors (Lipinski definition) is 4. The smallest absolute Gasteiger partial charge is 0.329 e. The molecule has 144 valence electrons. The van der Waals surface area contributed by atoms with Crippen LogP contribution in [0.5, 0.6) is 0 Å². The summed E-state index contributed by atoms with van der Waals surface area (Å²) in [5.74, 6) is -1.07. The van der Waals surface area contributed by atoms with Crippen LogP contribution >= 0.6 is 0 Å². The third-order valence-corrected chi connectivity index (χ3v) is 4.32. The Morgan fingerprint density at radius 1 is 1.14 bits per heavy atom. The molecule has 1 atom stereocenters. The Morgan fingerprint density at radius 3 is 2.61 bits per heavy atom. The van der Waals surface area contributed by atoms with Gasteiger partial charge < -0.3 is 20.8 Å². The Morgan fingerprint density at radius 2 is 1.89 bits per heavy atom. The largest absolute Gasteiger partial charge is 0.464 e. The highest BCUT2D eigenvalue weighted by atomic mass is 16.5. The second-order valence-electron chi connectivity index (χ2n) is 6.36. The van der Waals surface area contributed by atoms with Gasteiger partial charge in [0.1, 0.15) is 11.9 Å². The maximum atomic E-state index is 12.7. The molecular formula is C21H22N4O3. The number of amides is 1. The van der Waals surface area contributed by atoms with Gasteiger partial charge >= 0.3 is 5.97 Å². The molecule has 1 aromatic heterocycles. The molecule has 0 radical (unpaired) electrons. The van der Waals surface area contributed by atoms with Crippen molar-refractivity contribution < 1.29 is 14.3 Å². The average Bonchev–Trinajstić information content (AvgIpc) is 3.10. The van der Waals surface area contributed by atoms with Gasteiger partial charge in [-0.05, 0) is 36.6 Å². The van der Waals surface area contributed by atoms with E-state index in [1.165, 1.54) is 6.07 Å². The molecule has 1 heterocycles. The molecule has 5 N–H and O–H groups in total. The second-order valence-corrected chi connectivity index (χ2v) is 6.36. The van der Waals surface area contributed by atoms with Crippen molar-refractivity contribution in [2.75, 3.05) is 6.61 Å². The first kappa shape index (κ1) is 19.2. The first-order valence-corrected chi connectivity index (χ1v) is 8.96. The van der Waals surface area contributed by atoms with Crippen LogP contribution in [0.1, 0.15) is 28.5 Å². The number of para-hydroxylation sites is 1. The number of hydrogen-bond donors (Lipinski definition) is 4. The monoisotopic (exact) mass is 378 g/mol. The molecule has 0 saturated heterocycles. The highest BCUT2D eigenvalue weighted by molar-refractivity contribution is 6.01. The van der Waals surface area contributed by atoms with Crippen molar-refractivity contribution in [3.63, 3.8) is 0 Å². The number of nitrogens with one attached hydrogen (secondary N) is 3. The zero-order valence-corrected chi connectivity index (χ0v) is 15.5. The number of nitrogens with two attached hydrogens (primary N) is 1. The van der Waals surface area contributed by atoms with Gasteiger partial charge in [-0.3, -0.25) is 10.2 Å². The number of ether oxygens (including phenoxy) is 1. The van der Waals surface area contributed by atoms with Crippen molar-refractivity contribution in [2.24, 2.45) is 5.73 Å². The van der Waals surface area contributed by atoms with Gasteiger partial charge in [0.25, 0.3) is 5.91 Å². The third kappa shape index (κ3) is 4.37. The van der Waals surface area contributed by atoms with E-state index in [4.69, 9.17) is 15.9 Å². The second kappa shape index (κ2) is 8.39. The zero-order valence-electron chi connectivity index (χ0n) is 15.5. The lowest BCUT2D eigenvalue weighted by Gasteiger charge is -2.17. The molecule has 0 spiro atoms. The quantitative estimate of drug-likeness (QED) is 0.286. The third-order valence-electron chi connectivity index (χ3n) is 4.32. The van der Waals surface area contributed by atoms with Crippen molar-refractivity contribution in [3.8, 4) is 0 Å². The number of aromatic amines is 1. The van der Waals surface area contributed by atoms with E-state index in [1.54, 1.807) is 25.1 Å². The minimum absolute atomic E-state index is 0.130. The molecule has 0 aliphatic rings. The van der Waals surface area contributed by atoms with Crippen LogP contribution in [-0.4, -0.2) is 35.3 Å². The molecule has 2 aromatic carbocycles. The number of H-pyrrole nitrogens is 1. The summed E-state index contributed by atoms with van der Waals surface area (Å²) in [4.78, 5) is 28.3. The lowest BCUT2D eigenvalue weighted by atomic mass is 10.1. The van der Waals surface area contributed by atoms with Gasteiger partial charge in [-0.2, -0.15) is 0 Å². The molecular weight excluding hydrogens is 356 g/mol. The molecule has 28 heavy (non-hydrogen) atoms. The minimum Gasteiger partial charge on any atom is -0.464 e. The van der Waals surface area contributed by atoms with E-state index in [-0.39, 0.29) is 18.9 Å². The highest BCUT2D eigenvalue weighted by Crippen LogP contribution is 2.16. The number of benzene rings is 2. The molecule has 7 heteroatoms. The van der Waals surface area contributed by atoms with E-state index in [1.807, 2.05) is 30.3 Å². The number of amidine groups is 1. The summed E-state index contributed by atoms with van der Waals surface area (Å²) < 4.78 is 5.13. The maximum Gasteiger partial charge on any atom is 0.329 e. The van der Waals surface area contributed by atoms with E-state index in [2.05, 4.69) is 10.3 Å². The van der Waals surface area contributed by atoms with Crippen LogP contribution in [-0.2, 0) is 16.0 Å². The van der Waals surface area contributed by atoms with Gasteiger partial charge in [-0.15, -0.1) is 0 Å². The van der Waals surface area contributed by atoms with Crippen LogP contribution in [0.25, 0.3) is 10.9 Å². The van der Waals surface area contributed by atoms with Crippen molar-refractivity contribution >= 4 is 28.6 Å². The van der Waals surface area contributed by atoms with Crippen LogP contribution in [0.15, 0.2) is 54.6 Å². The van der Waals surface area contributed by atoms with E-state index in [0.717, 1.165) is 16.6 Å². The normalized spacial score (nSPS) is 11.8. The number of rotatable bonds is 7. The number of carbonyl (C=O) groups is 2. The SMILES string of the molecule is CCOC(=O)[C@@H](Cc1cc2ccccc2[nH]1)NC(=O)c1cccc(C(=N)N)c1. The van der Waals surface area contributed by atoms with Crippen molar-refractivity contribution in [3.05, 3.63) is 71.4 Å². The fraction of sp³-hybridized carbons (Fsp3) is 0.190. The number of fused-ring (bicyclic) bond motifs is 1. The molecule has 0 aliphatic heterocycles. The fourth-order valence-corrected chi connectivity index (χ4v) is 2.97. The van der Waals surface area contributed by atoms with Crippen LogP contribution in [0.3, 0.4) is 0 Å². The number of nitrogen functional groups attached to an aromatic ring is 1. The first-order valence-electron chi connectivity index (χ1n) is 8.96. The van der Waals surface area contributed by atoms with E-state index >= 15 is 0 Å². The number of aromatic nitrogens is 1. The summed E-state index contributed by atoms with van der Waals surface area (Å²) in [5.41, 5.74) is 8.02. The van der Waals surface area contributed by atoms with Gasteiger partial charge in [0.15, 0.2) is 0 Å². The van der Waals surface area contributed by atoms with E-state index in [0.29, 0.717) is 11.1 Å². The average molecular weight is 378 g/mol. The summed E-state index contributed by atoms with van der Waals surface area (Å²) in [6.07, 6.45) is 0.269. The number of carbonyl (C=O) groups excluding carboxylic acids is 2. The Labute approximate surface area is 162 Å². The molecule has 7 nitrogen and oxygen atoms in total. The summed E-state index contributed by atoms with van der Waals surface area (Å²) in [5, 5.41) is 11.3. The van der Waals surface area contributed by atoms with Gasteiger partial charge in [-0.1, -0.05) is 30.3 Å². The number of esters is 1. The topological polar surface area (TPSA) is 121 Å². The van der Waals surface area contributed by atoms with Crippen LogP contribution < -0.4 is 11.1 Å². The lowest BCUT2D eigenvalue weighted by Crippen LogP contribution is -2.43. The van der Waals surface area contributed by atoms with Gasteiger partial charge in [0, 0.05) is 28.8 Å². The predicted molar refractivity (Wildman–Crippen MR) is 107 cm³/mol. The van der Waals surface area contributed by atoms with Crippen LogP contribution in [0, 0.1) is 5.41 Å². The Hall–Kier alpha value is -3.61. The van der Waals surface area contributed by atoms with E-state index < -0.39 is 17.9 Å². The van der Waals surface area contributed by atoms with Gasteiger partial charge in [0.05, 0.1) is 6.61 Å². The van der Waals surface area contributed by atoms with E-state index in [9.17, 15) is 9.59 Å². The predicted octanol–water partition coefficient (Wildman–Crippen LogP) is 2.36. The minimum atomic E-state index is -0.846. The summed E-state index contributed by atoms with van der Waals surface area (Å²) >= 11 is 0. The summed E-state index contributed by atoms with van der Waals surface area (Å²) in [7, 11) is 0. The summed E-state index contributed by atoms with van der Waals surface area (Å²) in [6.45, 7) is 1.94. The maximum absolute atomic E-state index is 12.7. The summed E-state index contributed by atoms with van der Waals surface area (Å²) in [6, 6.07) is 15.3. The van der Waals surface area contributed by atoms with Crippen LogP contribution in [0.4, 0.5) is 0 Å². The Balaban J connectivity index is 1.81. The zero-order chi connectivity index (χ0) is 20.1. The van der Waals surface area contributed by atoms with Crippen molar-refractivity contribution in [1.82, 2.24) is 10.3 Å². The highest BCUT2D eigenvalue weighted by Gasteiger charge is 2.24. The van der Waals surface area contributed by atoms with Crippen LogP contribution in [0.2, 0.25) is 0 Å². The Bertz CT molecular complexity index is 992. The van der Waals surface area contributed by atoms with Gasteiger partial charge in [0.2, 0.25) is 0 Å². The fourth-order valence-electron chi connectivity index (χ4n) is 2.97. The molecule has 3 aromatic rings. The van der Waals surface area contributed by atoms with Crippen molar-refractivity contribution in [1.29, 1.82) is 5.41 Å². The standard InChI is InChI=1S/C21H22N4O3/c1-2-28-21(27)18(12-16-11-13-6-3-4-9-17(13)24-16)25-20(26)15-8-5-7-14(10-15)19(22)23/h3-11,18,24H,2,12H2,1H3,(H3,22,23)(H,25,26)/t18-/m1/s1. The molecule has 0 saturated carbocycles. The molecule has 0 unspecified atom stereocenters. The molecule has 0 aliphatic carbocycles. The molecule has 0 fully saturated rings. The van der Waals surface area contributed by atoms with Gasteiger partial charge in [-0.25, -0.2) is 4.79 Å². The van der Waals surface area contributed by atoms with Crippen molar-refractivity contribution in [2.45, 2.75) is 19.4 Å². The molecule has 1 amide bonds. The first-order chi connectivity index (χ1) is 13.5. The lowest BCUT2D eigenvalue weighted by molar-refractivity contribution is -0.145.